The van der Waals surface area contributed by atoms with Crippen LogP contribution in [0.2, 0.25) is 0 Å². The zero-order valence-corrected chi connectivity index (χ0v) is 10.9. The predicted molar refractivity (Wildman–Crippen MR) is 66.1 cm³/mol. The molecule has 0 spiro atoms. The van der Waals surface area contributed by atoms with E-state index >= 15 is 0 Å². The Morgan fingerprint density at radius 2 is 1.95 bits per heavy atom. The Morgan fingerprint density at radius 1 is 1.32 bits per heavy atom. The first-order valence-corrected chi connectivity index (χ1v) is 6.03. The molecule has 2 unspecified atom stereocenters. The van der Waals surface area contributed by atoms with E-state index in [-0.39, 0.29) is 6.04 Å². The van der Waals surface area contributed by atoms with Gasteiger partial charge in [0, 0.05) is 11.6 Å². The molecule has 0 bridgehead atoms. The molecule has 1 aromatic carbocycles. The molecule has 1 rings (SSSR count). The fourth-order valence-electron chi connectivity index (χ4n) is 1.74. The Bertz CT molecular complexity index is 392. The number of hydrogen-bond acceptors (Lipinski definition) is 3. The highest BCUT2D eigenvalue weighted by Crippen LogP contribution is 2.28. The number of halogens is 3. The van der Waals surface area contributed by atoms with Gasteiger partial charge < -0.3 is 15.2 Å². The zero-order valence-electron chi connectivity index (χ0n) is 10.9. The van der Waals surface area contributed by atoms with Crippen LogP contribution < -0.4 is 10.1 Å². The molecule has 19 heavy (non-hydrogen) atoms. The molecule has 0 fully saturated rings. The van der Waals surface area contributed by atoms with Gasteiger partial charge in [0.2, 0.25) is 0 Å². The Morgan fingerprint density at radius 3 is 2.47 bits per heavy atom. The maximum absolute atomic E-state index is 12.2. The molecule has 3 nitrogen and oxygen atoms in total. The maximum atomic E-state index is 12.2. The van der Waals surface area contributed by atoms with Gasteiger partial charge in [-0.05, 0) is 19.5 Å². The van der Waals surface area contributed by atoms with E-state index in [9.17, 15) is 13.2 Å². The molecule has 0 heterocycles. The van der Waals surface area contributed by atoms with Gasteiger partial charge in [-0.15, -0.1) is 0 Å². The zero-order chi connectivity index (χ0) is 14.5. The fourth-order valence-corrected chi connectivity index (χ4v) is 1.74. The first-order valence-electron chi connectivity index (χ1n) is 6.03. The smallest absolute Gasteiger partial charge is 0.417 e. The molecular weight excluding hydrogens is 259 g/mol. The van der Waals surface area contributed by atoms with Gasteiger partial charge >= 0.3 is 6.18 Å². The SMILES string of the molecule is CCC(NC)c1ccccc1OCC(O)C(F)(F)F. The monoisotopic (exact) mass is 277 g/mol. The highest BCUT2D eigenvalue weighted by molar-refractivity contribution is 5.35. The molecule has 0 amide bonds. The van der Waals surface area contributed by atoms with Gasteiger partial charge in [-0.2, -0.15) is 13.2 Å². The fraction of sp³-hybridized carbons (Fsp3) is 0.538. The van der Waals surface area contributed by atoms with Crippen LogP contribution in [0.3, 0.4) is 0 Å². The molecule has 2 atom stereocenters. The van der Waals surface area contributed by atoms with Crippen molar-refractivity contribution in [1.82, 2.24) is 5.32 Å². The van der Waals surface area contributed by atoms with Crippen LogP contribution in [0, 0.1) is 0 Å². The summed E-state index contributed by atoms with van der Waals surface area (Å²) >= 11 is 0. The molecule has 1 aromatic rings. The number of para-hydroxylation sites is 1. The van der Waals surface area contributed by atoms with Crippen molar-refractivity contribution in [2.45, 2.75) is 31.7 Å². The second-order valence-corrected chi connectivity index (χ2v) is 4.16. The van der Waals surface area contributed by atoms with E-state index in [2.05, 4.69) is 5.32 Å². The largest absolute Gasteiger partial charge is 0.490 e. The van der Waals surface area contributed by atoms with Crippen molar-refractivity contribution in [3.8, 4) is 5.75 Å². The lowest BCUT2D eigenvalue weighted by molar-refractivity contribution is -0.210. The minimum atomic E-state index is -4.66. The Labute approximate surface area is 110 Å². The van der Waals surface area contributed by atoms with E-state index in [0.717, 1.165) is 12.0 Å². The summed E-state index contributed by atoms with van der Waals surface area (Å²) in [5.74, 6) is 0.354. The number of alkyl halides is 3. The molecule has 0 radical (unpaired) electrons. The first-order chi connectivity index (χ1) is 8.90. The van der Waals surface area contributed by atoms with E-state index in [4.69, 9.17) is 9.84 Å². The van der Waals surface area contributed by atoms with Crippen LogP contribution in [0.1, 0.15) is 24.9 Å². The van der Waals surface area contributed by atoms with Crippen LogP contribution in [0.5, 0.6) is 5.75 Å². The first kappa shape index (κ1) is 15.8. The van der Waals surface area contributed by atoms with Crippen molar-refractivity contribution >= 4 is 0 Å². The van der Waals surface area contributed by atoms with Crippen molar-refractivity contribution in [2.24, 2.45) is 0 Å². The molecule has 0 saturated carbocycles. The van der Waals surface area contributed by atoms with E-state index in [0.29, 0.717) is 5.75 Å². The number of ether oxygens (including phenoxy) is 1. The number of aliphatic hydroxyl groups is 1. The number of rotatable bonds is 6. The van der Waals surface area contributed by atoms with Crippen LogP contribution in [-0.2, 0) is 0 Å². The van der Waals surface area contributed by atoms with Crippen molar-refractivity contribution < 1.29 is 23.0 Å². The van der Waals surface area contributed by atoms with Crippen LogP contribution >= 0.6 is 0 Å². The molecular formula is C13H18F3NO2. The second-order valence-electron chi connectivity index (χ2n) is 4.16. The number of hydrogen-bond donors (Lipinski definition) is 2. The molecule has 0 aliphatic heterocycles. The average molecular weight is 277 g/mol. The van der Waals surface area contributed by atoms with E-state index < -0.39 is 18.9 Å². The number of nitrogens with one attached hydrogen (secondary N) is 1. The minimum Gasteiger partial charge on any atom is -0.490 e. The third kappa shape index (κ3) is 4.40. The van der Waals surface area contributed by atoms with Gasteiger partial charge in [0.15, 0.2) is 6.10 Å². The van der Waals surface area contributed by atoms with Crippen molar-refractivity contribution in [1.29, 1.82) is 0 Å². The lowest BCUT2D eigenvalue weighted by atomic mass is 10.0. The van der Waals surface area contributed by atoms with Gasteiger partial charge in [0.25, 0.3) is 0 Å². The summed E-state index contributed by atoms with van der Waals surface area (Å²) in [7, 11) is 1.77. The van der Waals surface area contributed by atoms with E-state index in [1.165, 1.54) is 0 Å². The quantitative estimate of drug-likeness (QED) is 0.840. The van der Waals surface area contributed by atoms with Crippen LogP contribution in [0.25, 0.3) is 0 Å². The van der Waals surface area contributed by atoms with Crippen molar-refractivity contribution in [2.75, 3.05) is 13.7 Å². The molecule has 2 N–H and O–H groups in total. The molecule has 0 aromatic heterocycles. The Balaban J connectivity index is 2.79. The van der Waals surface area contributed by atoms with Crippen LogP contribution in [-0.4, -0.2) is 31.0 Å². The summed E-state index contributed by atoms with van der Waals surface area (Å²) in [5, 5.41) is 12.0. The third-order valence-corrected chi connectivity index (χ3v) is 2.83. The molecule has 0 aliphatic rings. The highest BCUT2D eigenvalue weighted by Gasteiger charge is 2.38. The lowest BCUT2D eigenvalue weighted by Gasteiger charge is -2.20. The third-order valence-electron chi connectivity index (χ3n) is 2.83. The molecule has 108 valence electrons. The van der Waals surface area contributed by atoms with E-state index in [1.54, 1.807) is 31.3 Å². The van der Waals surface area contributed by atoms with Gasteiger partial charge in [0.1, 0.15) is 12.4 Å². The molecule has 0 saturated heterocycles. The summed E-state index contributed by atoms with van der Waals surface area (Å²) in [6, 6.07) is 6.86. The highest BCUT2D eigenvalue weighted by atomic mass is 19.4. The summed E-state index contributed by atoms with van der Waals surface area (Å²) in [4.78, 5) is 0. The lowest BCUT2D eigenvalue weighted by Crippen LogP contribution is -2.34. The summed E-state index contributed by atoms with van der Waals surface area (Å²) in [6.45, 7) is 1.16. The topological polar surface area (TPSA) is 41.5 Å². The van der Waals surface area contributed by atoms with Crippen LogP contribution in [0.15, 0.2) is 24.3 Å². The Kier molecular flexibility index (Phi) is 5.62. The standard InChI is InChI=1S/C13H18F3NO2/c1-3-10(17-2)9-6-4-5-7-11(9)19-8-12(18)13(14,15)16/h4-7,10,12,17-18H,3,8H2,1-2H3. The summed E-state index contributed by atoms with van der Waals surface area (Å²) in [5.41, 5.74) is 0.780. The maximum Gasteiger partial charge on any atom is 0.417 e. The summed E-state index contributed by atoms with van der Waals surface area (Å²) < 4.78 is 41.7. The second kappa shape index (κ2) is 6.77. The van der Waals surface area contributed by atoms with Gasteiger partial charge in [0.05, 0.1) is 0 Å². The van der Waals surface area contributed by atoms with E-state index in [1.807, 2.05) is 6.92 Å². The molecule has 6 heteroatoms. The number of aliphatic hydroxyl groups excluding tert-OH is 1. The van der Waals surface area contributed by atoms with Crippen LogP contribution in [0.4, 0.5) is 13.2 Å². The van der Waals surface area contributed by atoms with Gasteiger partial charge in [-0.3, -0.25) is 0 Å². The van der Waals surface area contributed by atoms with Crippen molar-refractivity contribution in [3.05, 3.63) is 29.8 Å². The van der Waals surface area contributed by atoms with Crippen molar-refractivity contribution in [3.63, 3.8) is 0 Å². The minimum absolute atomic E-state index is 0.000713. The molecule has 0 aliphatic carbocycles. The summed E-state index contributed by atoms with van der Waals surface area (Å²) in [6.07, 6.45) is -6.36. The van der Waals surface area contributed by atoms with Gasteiger partial charge in [-0.25, -0.2) is 0 Å². The van der Waals surface area contributed by atoms with Gasteiger partial charge in [-0.1, -0.05) is 25.1 Å². The predicted octanol–water partition coefficient (Wildman–Crippen LogP) is 2.66. The normalized spacial score (nSPS) is 15.1. The number of benzene rings is 1. The average Bonchev–Trinajstić information content (AvgIpc) is 2.37. The Hall–Kier alpha value is -1.27.